The Morgan fingerprint density at radius 1 is 0.159 bits per heavy atom. The predicted octanol–water partition coefficient (Wildman–Crippen LogP) is 22.7. The molecule has 0 amide bonds. The van der Waals surface area contributed by atoms with E-state index in [0.29, 0.717) is 0 Å². The second-order valence-corrected chi connectivity index (χ2v) is 20.0. The molecule has 0 bridgehead atoms. The van der Waals surface area contributed by atoms with E-state index in [2.05, 4.69) is 303 Å². The zero-order valence-electron chi connectivity index (χ0n) is 45.4. The van der Waals surface area contributed by atoms with E-state index in [1.54, 1.807) is 0 Å². The van der Waals surface area contributed by atoms with Crippen LogP contribution in [0.15, 0.2) is 346 Å². The SMILES string of the molecule is [c]1ccc2ccc3cccc4ccc1c2c43.[c]1cccc2c1ccc1ccccc12.[c]1ccccc1.c1ccc(-c2ccc(-c3ccccc3)cc2)cc1.c1ccc2c(c1)c1ccccc1c1ccccc21.c1ccc2ccccc2c1. The summed E-state index contributed by atoms with van der Waals surface area (Å²) in [6.07, 6.45) is 0. The fourth-order valence-electron chi connectivity index (χ4n) is 10.9. The van der Waals surface area contributed by atoms with Crippen molar-refractivity contribution in [2.24, 2.45) is 0 Å². The van der Waals surface area contributed by atoms with E-state index < -0.39 is 0 Å². The average Bonchev–Trinajstić information content (AvgIpc) is 3.71. The zero-order valence-corrected chi connectivity index (χ0v) is 45.4. The lowest BCUT2D eigenvalue weighted by Crippen LogP contribution is -1.82. The molecule has 0 nitrogen and oxygen atoms in total. The summed E-state index contributed by atoms with van der Waals surface area (Å²) < 4.78 is 0. The Labute approximate surface area is 480 Å². The number of fused-ring (bicyclic) bond motifs is 10. The van der Waals surface area contributed by atoms with E-state index in [0.717, 1.165) is 0 Å². The summed E-state index contributed by atoms with van der Waals surface area (Å²) in [6.45, 7) is 0. The van der Waals surface area contributed by atoms with Gasteiger partial charge in [-0.15, -0.1) is 0 Å². The number of hydrogen-bond acceptors (Lipinski definition) is 0. The number of rotatable bonds is 2. The lowest BCUT2D eigenvalue weighted by atomic mass is 9.95. The third kappa shape index (κ3) is 11.8. The number of hydrogen-bond donors (Lipinski definition) is 0. The molecule has 385 valence electrons. The van der Waals surface area contributed by atoms with E-state index in [9.17, 15) is 0 Å². The van der Waals surface area contributed by atoms with Gasteiger partial charge in [0.15, 0.2) is 0 Å². The minimum absolute atomic E-state index is 1.19. The van der Waals surface area contributed by atoms with Crippen LogP contribution in [0.5, 0.6) is 0 Å². The van der Waals surface area contributed by atoms with Crippen LogP contribution in [0.25, 0.3) is 119 Å². The van der Waals surface area contributed by atoms with Crippen molar-refractivity contribution in [3.05, 3.63) is 364 Å². The first-order chi connectivity index (χ1) is 40.7. The second-order valence-electron chi connectivity index (χ2n) is 20.0. The molecule has 0 unspecified atom stereocenters. The fourth-order valence-corrected chi connectivity index (χ4v) is 10.9. The fraction of sp³-hybridized carbons (Fsp3) is 0. The summed E-state index contributed by atoms with van der Waals surface area (Å²) in [7, 11) is 0. The van der Waals surface area contributed by atoms with Crippen molar-refractivity contribution < 1.29 is 0 Å². The van der Waals surface area contributed by atoms with E-state index in [1.807, 2.05) is 60.7 Å². The van der Waals surface area contributed by atoms with E-state index in [1.165, 1.54) is 119 Å². The summed E-state index contributed by atoms with van der Waals surface area (Å²) >= 11 is 0. The molecule has 0 N–H and O–H groups in total. The molecule has 0 aromatic heterocycles. The first-order valence-electron chi connectivity index (χ1n) is 27.9. The third-order valence-electron chi connectivity index (χ3n) is 14.9. The van der Waals surface area contributed by atoms with Gasteiger partial charge in [-0.25, -0.2) is 0 Å². The van der Waals surface area contributed by atoms with E-state index in [4.69, 9.17) is 0 Å². The van der Waals surface area contributed by atoms with Gasteiger partial charge >= 0.3 is 0 Å². The summed E-state index contributed by atoms with van der Waals surface area (Å²) in [5, 5.41) is 23.6. The molecule has 0 fully saturated rings. The normalized spacial score (nSPS) is 10.7. The lowest BCUT2D eigenvalue weighted by Gasteiger charge is -2.09. The molecule has 0 aliphatic heterocycles. The van der Waals surface area contributed by atoms with Gasteiger partial charge in [-0.2, -0.15) is 0 Å². The van der Waals surface area contributed by atoms with Crippen LogP contribution < -0.4 is 0 Å². The Bertz CT molecular complexity index is 4280. The molecular formula is C82H57. The van der Waals surface area contributed by atoms with Gasteiger partial charge in [0.25, 0.3) is 0 Å². The van der Waals surface area contributed by atoms with E-state index in [-0.39, 0.29) is 0 Å². The molecule has 0 heteroatoms. The molecule has 3 radical (unpaired) electrons. The summed E-state index contributed by atoms with van der Waals surface area (Å²) in [5.41, 5.74) is 5.04. The molecule has 0 aliphatic carbocycles. The third-order valence-corrected chi connectivity index (χ3v) is 14.9. The highest BCUT2D eigenvalue weighted by Crippen LogP contribution is 2.36. The summed E-state index contributed by atoms with van der Waals surface area (Å²) in [5.74, 6) is 0. The first kappa shape index (κ1) is 52.1. The van der Waals surface area contributed by atoms with Crippen LogP contribution in [-0.2, 0) is 0 Å². The van der Waals surface area contributed by atoms with Gasteiger partial charge in [0.1, 0.15) is 0 Å². The van der Waals surface area contributed by atoms with Crippen molar-refractivity contribution >= 4 is 97.0 Å². The molecule has 0 atom stereocenters. The van der Waals surface area contributed by atoms with Gasteiger partial charge in [0.2, 0.25) is 0 Å². The van der Waals surface area contributed by atoms with Gasteiger partial charge in [-0.3, -0.25) is 0 Å². The highest BCUT2D eigenvalue weighted by molar-refractivity contribution is 6.25. The molecule has 0 spiro atoms. The van der Waals surface area contributed by atoms with Gasteiger partial charge < -0.3 is 0 Å². The topological polar surface area (TPSA) is 0 Å². The Morgan fingerprint density at radius 2 is 0.500 bits per heavy atom. The quantitative estimate of drug-likeness (QED) is 0.151. The first-order valence-corrected chi connectivity index (χ1v) is 27.9. The van der Waals surface area contributed by atoms with Crippen LogP contribution in [0.4, 0.5) is 0 Å². The second kappa shape index (κ2) is 25.4. The van der Waals surface area contributed by atoms with Crippen molar-refractivity contribution in [3.63, 3.8) is 0 Å². The Hall–Kier alpha value is -10.7. The largest absolute Gasteiger partial charge is 0.0622 e. The van der Waals surface area contributed by atoms with Crippen molar-refractivity contribution in [3.8, 4) is 22.3 Å². The Balaban J connectivity index is 0.0000000998. The Kier molecular flexibility index (Phi) is 16.1. The number of benzene rings is 17. The molecule has 17 rings (SSSR count). The maximum absolute atomic E-state index is 3.31. The average molecular weight is 1040 g/mol. The van der Waals surface area contributed by atoms with Crippen molar-refractivity contribution in [1.29, 1.82) is 0 Å². The maximum Gasteiger partial charge on any atom is -0.00206 e. The van der Waals surface area contributed by atoms with Gasteiger partial charge in [0.05, 0.1) is 0 Å². The zero-order chi connectivity index (χ0) is 55.1. The summed E-state index contributed by atoms with van der Waals surface area (Å²) in [4.78, 5) is 0. The molecule has 0 saturated carbocycles. The van der Waals surface area contributed by atoms with Crippen LogP contribution in [0.2, 0.25) is 0 Å². The van der Waals surface area contributed by atoms with Crippen molar-refractivity contribution in [1.82, 2.24) is 0 Å². The smallest absolute Gasteiger partial charge is 0.00206 e. The molecule has 82 heavy (non-hydrogen) atoms. The molecule has 0 aliphatic rings. The highest BCUT2D eigenvalue weighted by atomic mass is 14.1. The molecule has 0 heterocycles. The van der Waals surface area contributed by atoms with Crippen LogP contribution in [0.1, 0.15) is 0 Å². The minimum atomic E-state index is 1.19. The van der Waals surface area contributed by atoms with Crippen molar-refractivity contribution in [2.75, 3.05) is 0 Å². The maximum atomic E-state index is 3.31. The van der Waals surface area contributed by atoms with Crippen LogP contribution in [0, 0.1) is 18.2 Å². The molecular weight excluding hydrogens is 985 g/mol. The predicted molar refractivity (Wildman–Crippen MR) is 355 cm³/mol. The molecule has 0 saturated heterocycles. The van der Waals surface area contributed by atoms with Crippen LogP contribution >= 0.6 is 0 Å². The van der Waals surface area contributed by atoms with Crippen molar-refractivity contribution in [2.45, 2.75) is 0 Å². The molecule has 17 aromatic carbocycles. The van der Waals surface area contributed by atoms with E-state index >= 15 is 0 Å². The highest BCUT2D eigenvalue weighted by Gasteiger charge is 2.08. The summed E-state index contributed by atoms with van der Waals surface area (Å²) in [6, 6.07) is 130. The molecule has 17 aromatic rings. The van der Waals surface area contributed by atoms with Gasteiger partial charge in [0, 0.05) is 0 Å². The monoisotopic (exact) mass is 1040 g/mol. The lowest BCUT2D eigenvalue weighted by molar-refractivity contribution is 1.59. The van der Waals surface area contributed by atoms with Gasteiger partial charge in [-0.1, -0.05) is 346 Å². The van der Waals surface area contributed by atoms with Crippen LogP contribution in [0.3, 0.4) is 0 Å². The van der Waals surface area contributed by atoms with Gasteiger partial charge in [-0.05, 0) is 137 Å². The Morgan fingerprint density at radius 3 is 0.963 bits per heavy atom. The minimum Gasteiger partial charge on any atom is -0.0622 e. The standard InChI is InChI=1S/C18H12.C18H14.C16H9.C14H9.C10H8.C6H5/c1-2-8-14-13(7-1)15-9-3-4-11-17(15)18-12-6-5-10-16(14)18;1-3-7-15(8-4-1)17-11-13-18(14-12-17)16-9-5-2-6-10-16;1-3-11-7-9-13-5-2-6-14-10-8-12(4-1)15(11)16(13)14;1-3-7-13-11(5-1)9-10-12-6-2-4-8-14(12)13;1-2-6-10-8-4-3-7-9(10)5-1;1-2-4-6-5-3-1/h1-12H;1-14H;1-5,7-10H;1-5,7-10H;1-8H;1-5H. The van der Waals surface area contributed by atoms with Crippen LogP contribution in [-0.4, -0.2) is 0 Å².